The maximum absolute atomic E-state index is 3.67. The van der Waals surface area contributed by atoms with E-state index in [-0.39, 0.29) is 0 Å². The summed E-state index contributed by atoms with van der Waals surface area (Å²) in [5.74, 6) is 2.26. The maximum Gasteiger partial charge on any atom is 0.0337 e. The number of hydrogen-bond donors (Lipinski definition) is 3. The fourth-order valence-corrected chi connectivity index (χ4v) is 4.26. The predicted octanol–water partition coefficient (Wildman–Crippen LogP) is 4.48. The van der Waals surface area contributed by atoms with Gasteiger partial charge in [-0.2, -0.15) is 0 Å². The minimum absolute atomic E-state index is 0.574. The van der Waals surface area contributed by atoms with Gasteiger partial charge in [0.05, 0.1) is 0 Å². The molecule has 3 N–H and O–H groups in total. The molecule has 0 bridgehead atoms. The molecule has 0 amide bonds. The molecule has 1 aliphatic heterocycles. The Morgan fingerprint density at radius 3 is 2.72 bits per heavy atom. The van der Waals surface area contributed by atoms with Crippen molar-refractivity contribution in [2.45, 2.75) is 25.5 Å². The Balaban J connectivity index is 1.49. The molecule has 1 aromatic rings. The van der Waals surface area contributed by atoms with Crippen molar-refractivity contribution < 1.29 is 0 Å². The summed E-state index contributed by atoms with van der Waals surface area (Å²) < 4.78 is 0. The minimum atomic E-state index is 0.574. The van der Waals surface area contributed by atoms with Crippen molar-refractivity contribution in [1.82, 2.24) is 10.6 Å². The quantitative estimate of drug-likeness (QED) is 0.674. The molecule has 3 nitrogen and oxygen atoms in total. The smallest absolute Gasteiger partial charge is 0.0337 e. The zero-order chi connectivity index (χ0) is 17.5. The SMILES string of the molecule is CNc1ccc(CSC2=CC=C(NCC3C=CNCC3)[C@@H](C)C2)cc1. The van der Waals surface area contributed by atoms with E-state index in [1.54, 1.807) is 0 Å². The van der Waals surface area contributed by atoms with Crippen LogP contribution in [-0.4, -0.2) is 20.1 Å². The summed E-state index contributed by atoms with van der Waals surface area (Å²) in [7, 11) is 1.96. The summed E-state index contributed by atoms with van der Waals surface area (Å²) in [5, 5.41) is 10.1. The van der Waals surface area contributed by atoms with Gasteiger partial charge in [-0.3, -0.25) is 0 Å². The molecule has 25 heavy (non-hydrogen) atoms. The molecule has 0 aromatic heterocycles. The number of allylic oxidation sites excluding steroid dienone is 4. The van der Waals surface area contributed by atoms with Gasteiger partial charge in [0, 0.05) is 43.2 Å². The molecule has 1 heterocycles. The van der Waals surface area contributed by atoms with E-state index in [2.05, 4.69) is 71.6 Å². The number of benzene rings is 1. The van der Waals surface area contributed by atoms with Crippen molar-refractivity contribution in [2.24, 2.45) is 11.8 Å². The van der Waals surface area contributed by atoms with Gasteiger partial charge in [-0.15, -0.1) is 11.8 Å². The molecule has 0 saturated carbocycles. The summed E-state index contributed by atoms with van der Waals surface area (Å²) in [6, 6.07) is 8.71. The van der Waals surface area contributed by atoms with E-state index < -0.39 is 0 Å². The lowest BCUT2D eigenvalue weighted by molar-refractivity contribution is 0.498. The third-order valence-corrected chi connectivity index (χ3v) is 6.02. The van der Waals surface area contributed by atoms with Gasteiger partial charge in [0.25, 0.3) is 0 Å². The molecule has 2 atom stereocenters. The Hall–Kier alpha value is -1.81. The van der Waals surface area contributed by atoms with Crippen LogP contribution >= 0.6 is 11.8 Å². The Labute approximate surface area is 156 Å². The first-order chi connectivity index (χ1) is 12.2. The van der Waals surface area contributed by atoms with E-state index in [1.165, 1.54) is 28.3 Å². The topological polar surface area (TPSA) is 36.1 Å². The summed E-state index contributed by atoms with van der Waals surface area (Å²) in [6.45, 7) is 4.46. The molecule has 134 valence electrons. The molecule has 1 aromatic carbocycles. The molecule has 3 rings (SSSR count). The van der Waals surface area contributed by atoms with Gasteiger partial charge in [0.15, 0.2) is 0 Å². The Bertz CT molecular complexity index is 646. The van der Waals surface area contributed by atoms with E-state index >= 15 is 0 Å². The number of thioether (sulfide) groups is 1. The number of rotatable bonds is 7. The van der Waals surface area contributed by atoms with Gasteiger partial charge in [-0.05, 0) is 53.6 Å². The highest BCUT2D eigenvalue weighted by Gasteiger charge is 2.17. The molecule has 1 aliphatic carbocycles. The van der Waals surface area contributed by atoms with Gasteiger partial charge in [-0.1, -0.05) is 31.2 Å². The van der Waals surface area contributed by atoms with Crippen molar-refractivity contribution >= 4 is 17.4 Å². The summed E-state index contributed by atoms with van der Waals surface area (Å²) >= 11 is 1.96. The molecule has 2 aliphatic rings. The highest BCUT2D eigenvalue weighted by Crippen LogP contribution is 2.33. The highest BCUT2D eigenvalue weighted by atomic mass is 32.2. The summed E-state index contributed by atoms with van der Waals surface area (Å²) in [5.41, 5.74) is 3.93. The van der Waals surface area contributed by atoms with Gasteiger partial charge in [0.1, 0.15) is 0 Å². The van der Waals surface area contributed by atoms with Gasteiger partial charge >= 0.3 is 0 Å². The van der Waals surface area contributed by atoms with E-state index in [1.807, 2.05) is 18.8 Å². The minimum Gasteiger partial charge on any atom is -0.391 e. The summed E-state index contributed by atoms with van der Waals surface area (Å²) in [6.07, 6.45) is 11.3. The van der Waals surface area contributed by atoms with E-state index in [9.17, 15) is 0 Å². The van der Waals surface area contributed by atoms with Gasteiger partial charge < -0.3 is 16.0 Å². The maximum atomic E-state index is 3.67. The van der Waals surface area contributed by atoms with E-state index in [0.717, 1.165) is 25.3 Å². The van der Waals surface area contributed by atoms with Crippen LogP contribution in [0, 0.1) is 11.8 Å². The Morgan fingerprint density at radius 2 is 2.04 bits per heavy atom. The fourth-order valence-electron chi connectivity index (χ4n) is 3.18. The first-order valence-electron chi connectivity index (χ1n) is 9.19. The molecular formula is C21H29N3S. The molecule has 4 heteroatoms. The largest absolute Gasteiger partial charge is 0.391 e. The molecule has 0 fully saturated rings. The lowest BCUT2D eigenvalue weighted by atomic mass is 9.97. The van der Waals surface area contributed by atoms with Gasteiger partial charge in [0.2, 0.25) is 0 Å². The molecule has 0 spiro atoms. The first kappa shape index (κ1) is 18.0. The van der Waals surface area contributed by atoms with E-state index in [0.29, 0.717) is 11.8 Å². The van der Waals surface area contributed by atoms with Crippen molar-refractivity contribution in [3.63, 3.8) is 0 Å². The van der Waals surface area contributed by atoms with Crippen LogP contribution in [0.25, 0.3) is 0 Å². The lowest BCUT2D eigenvalue weighted by Gasteiger charge is -2.25. The molecular weight excluding hydrogens is 326 g/mol. The van der Waals surface area contributed by atoms with Crippen molar-refractivity contribution in [3.8, 4) is 0 Å². The second-order valence-corrected chi connectivity index (χ2v) is 7.94. The normalized spacial score (nSPS) is 22.6. The number of hydrogen-bond acceptors (Lipinski definition) is 4. The van der Waals surface area contributed by atoms with Crippen LogP contribution in [0.1, 0.15) is 25.3 Å². The standard InChI is InChI=1S/C21H29N3S/c1-16-13-20(25-15-18-3-5-19(22-2)6-4-18)7-8-21(16)24-14-17-9-11-23-12-10-17/h3-9,11,16-17,22-24H,10,12-15H2,1-2H3/t16-,17?/m0/s1. The van der Waals surface area contributed by atoms with Crippen molar-refractivity contribution in [2.75, 3.05) is 25.5 Å². The fraction of sp³-hybridized carbons (Fsp3) is 0.429. The number of nitrogens with one attached hydrogen (secondary N) is 3. The van der Waals surface area contributed by atoms with Crippen LogP contribution in [0.3, 0.4) is 0 Å². The summed E-state index contributed by atoms with van der Waals surface area (Å²) in [4.78, 5) is 1.48. The monoisotopic (exact) mass is 355 g/mol. The van der Waals surface area contributed by atoms with Crippen LogP contribution < -0.4 is 16.0 Å². The molecule has 1 unspecified atom stereocenters. The average Bonchev–Trinajstić information content (AvgIpc) is 2.67. The van der Waals surface area contributed by atoms with Crippen LogP contribution in [0.15, 0.2) is 59.3 Å². The van der Waals surface area contributed by atoms with Crippen LogP contribution in [-0.2, 0) is 5.75 Å². The predicted molar refractivity (Wildman–Crippen MR) is 110 cm³/mol. The second-order valence-electron chi connectivity index (χ2n) is 6.84. The Kier molecular flexibility index (Phi) is 6.51. The van der Waals surface area contributed by atoms with Gasteiger partial charge in [-0.25, -0.2) is 0 Å². The van der Waals surface area contributed by atoms with Crippen LogP contribution in [0.4, 0.5) is 5.69 Å². The third-order valence-electron chi connectivity index (χ3n) is 4.87. The molecule has 0 radical (unpaired) electrons. The zero-order valence-electron chi connectivity index (χ0n) is 15.2. The van der Waals surface area contributed by atoms with E-state index in [4.69, 9.17) is 0 Å². The average molecular weight is 356 g/mol. The lowest BCUT2D eigenvalue weighted by Crippen LogP contribution is -2.29. The zero-order valence-corrected chi connectivity index (χ0v) is 16.0. The second kappa shape index (κ2) is 9.04. The molecule has 0 saturated heterocycles. The third kappa shape index (κ3) is 5.33. The highest BCUT2D eigenvalue weighted by molar-refractivity contribution is 8.02. The van der Waals surface area contributed by atoms with Crippen molar-refractivity contribution in [3.05, 3.63) is 64.9 Å². The first-order valence-corrected chi connectivity index (χ1v) is 10.2. The van der Waals surface area contributed by atoms with Crippen LogP contribution in [0.2, 0.25) is 0 Å². The Morgan fingerprint density at radius 1 is 1.20 bits per heavy atom. The van der Waals surface area contributed by atoms with Crippen molar-refractivity contribution in [1.29, 1.82) is 0 Å². The number of anilines is 1. The van der Waals surface area contributed by atoms with Crippen LogP contribution in [0.5, 0.6) is 0 Å².